The molecule has 0 spiro atoms. The quantitative estimate of drug-likeness (QED) is 0.868. The Morgan fingerprint density at radius 3 is 2.25 bits per heavy atom. The standard InChI is InChI=1S/C16H30O3S/c1-3-12-6-4-7-13(10-12)16(17)14-8-5-9-15(11-14)20(2,18)19/h12-17H,3-11H2,1-2H3. The molecule has 1 N–H and O–H groups in total. The van der Waals surface area contributed by atoms with Crippen molar-refractivity contribution >= 4 is 9.84 Å². The third-order valence-corrected chi connectivity index (χ3v) is 7.28. The van der Waals surface area contributed by atoms with Gasteiger partial charge in [-0.15, -0.1) is 0 Å². The van der Waals surface area contributed by atoms with E-state index in [-0.39, 0.29) is 17.3 Å². The number of aliphatic hydroxyl groups is 1. The third kappa shape index (κ3) is 3.97. The van der Waals surface area contributed by atoms with Crippen LogP contribution in [-0.4, -0.2) is 31.1 Å². The molecule has 0 radical (unpaired) electrons. The zero-order valence-electron chi connectivity index (χ0n) is 12.9. The Labute approximate surface area is 124 Å². The molecule has 2 rings (SSSR count). The van der Waals surface area contributed by atoms with Crippen LogP contribution >= 0.6 is 0 Å². The van der Waals surface area contributed by atoms with Gasteiger partial charge in [-0.3, -0.25) is 0 Å². The van der Waals surface area contributed by atoms with Gasteiger partial charge in [-0.25, -0.2) is 8.42 Å². The second kappa shape index (κ2) is 6.78. The summed E-state index contributed by atoms with van der Waals surface area (Å²) < 4.78 is 23.5. The molecule has 2 saturated carbocycles. The molecule has 0 aromatic carbocycles. The summed E-state index contributed by atoms with van der Waals surface area (Å²) in [4.78, 5) is 0. The summed E-state index contributed by atoms with van der Waals surface area (Å²) in [5.74, 6) is 1.36. The largest absolute Gasteiger partial charge is 0.393 e. The first kappa shape index (κ1) is 16.3. The van der Waals surface area contributed by atoms with Crippen molar-refractivity contribution in [2.45, 2.75) is 76.1 Å². The molecule has 3 nitrogen and oxygen atoms in total. The summed E-state index contributed by atoms with van der Waals surface area (Å²) in [6.45, 7) is 2.24. The zero-order chi connectivity index (χ0) is 14.8. The summed E-state index contributed by atoms with van der Waals surface area (Å²) in [5.41, 5.74) is 0. The van der Waals surface area contributed by atoms with E-state index in [1.54, 1.807) is 0 Å². The van der Waals surface area contributed by atoms with Gasteiger partial charge in [0.15, 0.2) is 0 Å². The van der Waals surface area contributed by atoms with E-state index in [2.05, 4.69) is 6.92 Å². The van der Waals surface area contributed by atoms with E-state index in [0.717, 1.165) is 38.0 Å². The predicted octanol–water partition coefficient (Wildman–Crippen LogP) is 3.17. The smallest absolute Gasteiger partial charge is 0.150 e. The number of hydrogen-bond acceptors (Lipinski definition) is 3. The first-order valence-corrected chi connectivity index (χ1v) is 10.2. The molecular formula is C16H30O3S. The fourth-order valence-electron chi connectivity index (χ4n) is 4.28. The average molecular weight is 302 g/mol. The van der Waals surface area contributed by atoms with Crippen molar-refractivity contribution in [3.05, 3.63) is 0 Å². The Morgan fingerprint density at radius 1 is 1.05 bits per heavy atom. The first-order chi connectivity index (χ1) is 9.41. The van der Waals surface area contributed by atoms with Crippen LogP contribution in [0.2, 0.25) is 0 Å². The highest BCUT2D eigenvalue weighted by Gasteiger charge is 2.36. The minimum atomic E-state index is -2.95. The highest BCUT2D eigenvalue weighted by molar-refractivity contribution is 7.91. The van der Waals surface area contributed by atoms with E-state index in [1.807, 2.05) is 0 Å². The molecule has 2 aliphatic rings. The molecule has 2 aliphatic carbocycles. The predicted molar refractivity (Wildman–Crippen MR) is 82.3 cm³/mol. The van der Waals surface area contributed by atoms with Gasteiger partial charge < -0.3 is 5.11 Å². The maximum atomic E-state index is 11.7. The summed E-state index contributed by atoms with van der Waals surface area (Å²) in [6.07, 6.45) is 10.5. The van der Waals surface area contributed by atoms with E-state index in [1.165, 1.54) is 25.5 Å². The van der Waals surface area contributed by atoms with E-state index < -0.39 is 9.84 Å². The highest BCUT2D eigenvalue weighted by atomic mass is 32.2. The summed E-state index contributed by atoms with van der Waals surface area (Å²) in [5, 5.41) is 10.5. The van der Waals surface area contributed by atoms with Crippen molar-refractivity contribution in [2.24, 2.45) is 17.8 Å². The number of hydrogen-bond donors (Lipinski definition) is 1. The SMILES string of the molecule is CCC1CCCC(C(O)C2CCCC(S(C)(=O)=O)C2)C1. The van der Waals surface area contributed by atoms with Crippen molar-refractivity contribution in [2.75, 3.05) is 6.26 Å². The lowest BCUT2D eigenvalue weighted by atomic mass is 9.72. The van der Waals surface area contributed by atoms with Crippen molar-refractivity contribution in [3.8, 4) is 0 Å². The van der Waals surface area contributed by atoms with Crippen LogP contribution in [0.25, 0.3) is 0 Å². The maximum Gasteiger partial charge on any atom is 0.150 e. The maximum absolute atomic E-state index is 11.7. The second-order valence-corrected chi connectivity index (χ2v) is 9.40. The van der Waals surface area contributed by atoms with Crippen LogP contribution in [0.5, 0.6) is 0 Å². The first-order valence-electron chi connectivity index (χ1n) is 8.28. The second-order valence-electron chi connectivity index (χ2n) is 7.07. The van der Waals surface area contributed by atoms with Gasteiger partial charge in [0.1, 0.15) is 9.84 Å². The molecule has 0 aliphatic heterocycles. The minimum absolute atomic E-state index is 0.198. The van der Waals surface area contributed by atoms with Gasteiger partial charge in [-0.05, 0) is 49.9 Å². The van der Waals surface area contributed by atoms with Gasteiger partial charge in [0.2, 0.25) is 0 Å². The van der Waals surface area contributed by atoms with Crippen LogP contribution in [0.1, 0.15) is 64.7 Å². The molecule has 0 amide bonds. The molecular weight excluding hydrogens is 272 g/mol. The lowest BCUT2D eigenvalue weighted by molar-refractivity contribution is 0.00911. The molecule has 0 aromatic heterocycles. The Morgan fingerprint density at radius 2 is 1.65 bits per heavy atom. The molecule has 4 heteroatoms. The van der Waals surface area contributed by atoms with Crippen molar-refractivity contribution in [1.82, 2.24) is 0 Å². The molecule has 5 atom stereocenters. The van der Waals surface area contributed by atoms with Crippen LogP contribution in [0, 0.1) is 17.8 Å². The van der Waals surface area contributed by atoms with Gasteiger partial charge in [0, 0.05) is 6.26 Å². The molecule has 0 saturated heterocycles. The monoisotopic (exact) mass is 302 g/mol. The summed E-state index contributed by atoms with van der Waals surface area (Å²) in [6, 6.07) is 0. The molecule has 20 heavy (non-hydrogen) atoms. The zero-order valence-corrected chi connectivity index (χ0v) is 13.7. The average Bonchev–Trinajstić information content (AvgIpc) is 2.46. The molecule has 2 fully saturated rings. The van der Waals surface area contributed by atoms with Crippen molar-refractivity contribution in [3.63, 3.8) is 0 Å². The van der Waals surface area contributed by atoms with E-state index in [4.69, 9.17) is 0 Å². The molecule has 0 bridgehead atoms. The van der Waals surface area contributed by atoms with Crippen LogP contribution in [0.15, 0.2) is 0 Å². The lowest BCUT2D eigenvalue weighted by Gasteiger charge is -2.38. The lowest BCUT2D eigenvalue weighted by Crippen LogP contribution is -2.38. The fraction of sp³-hybridized carbons (Fsp3) is 1.00. The topological polar surface area (TPSA) is 54.4 Å². The summed E-state index contributed by atoms with van der Waals surface area (Å²) >= 11 is 0. The summed E-state index contributed by atoms with van der Waals surface area (Å²) in [7, 11) is -2.95. The number of aliphatic hydroxyl groups excluding tert-OH is 1. The van der Waals surface area contributed by atoms with E-state index >= 15 is 0 Å². The normalized spacial score (nSPS) is 37.5. The Balaban J connectivity index is 1.96. The fourth-order valence-corrected chi connectivity index (χ4v) is 5.47. The van der Waals surface area contributed by atoms with Gasteiger partial charge >= 0.3 is 0 Å². The van der Waals surface area contributed by atoms with Crippen LogP contribution in [0.4, 0.5) is 0 Å². The van der Waals surface area contributed by atoms with Gasteiger partial charge in [0.25, 0.3) is 0 Å². The third-order valence-electron chi connectivity index (χ3n) is 5.64. The van der Waals surface area contributed by atoms with Crippen molar-refractivity contribution in [1.29, 1.82) is 0 Å². The number of sulfone groups is 1. The van der Waals surface area contributed by atoms with Crippen molar-refractivity contribution < 1.29 is 13.5 Å². The van der Waals surface area contributed by atoms with E-state index in [0.29, 0.717) is 12.3 Å². The molecule has 5 unspecified atom stereocenters. The van der Waals surface area contributed by atoms with Gasteiger partial charge in [-0.1, -0.05) is 32.6 Å². The van der Waals surface area contributed by atoms with Gasteiger partial charge in [-0.2, -0.15) is 0 Å². The van der Waals surface area contributed by atoms with E-state index in [9.17, 15) is 13.5 Å². The Kier molecular flexibility index (Phi) is 5.52. The highest BCUT2D eigenvalue weighted by Crippen LogP contribution is 2.39. The number of rotatable bonds is 4. The molecule has 0 aromatic rings. The molecule has 118 valence electrons. The Bertz CT molecular complexity index is 404. The van der Waals surface area contributed by atoms with Crippen LogP contribution in [-0.2, 0) is 9.84 Å². The van der Waals surface area contributed by atoms with Crippen LogP contribution in [0.3, 0.4) is 0 Å². The molecule has 0 heterocycles. The minimum Gasteiger partial charge on any atom is -0.393 e. The van der Waals surface area contributed by atoms with Gasteiger partial charge in [0.05, 0.1) is 11.4 Å². The Hall–Kier alpha value is -0.0900. The van der Waals surface area contributed by atoms with Crippen LogP contribution < -0.4 is 0 Å².